The SMILES string of the molecule is Cc1cccnc1-c1ccc2c(c1)CCC1COC(=O)N21. The van der Waals surface area contributed by atoms with Gasteiger partial charge in [-0.2, -0.15) is 0 Å². The molecule has 0 spiro atoms. The number of nitrogens with zero attached hydrogens (tertiary/aromatic N) is 2. The molecule has 1 fully saturated rings. The molecule has 3 heterocycles. The number of cyclic esters (lactones) is 1. The fraction of sp³-hybridized carbons (Fsp3) is 0.294. The van der Waals surface area contributed by atoms with Crippen molar-refractivity contribution in [3.8, 4) is 11.3 Å². The Morgan fingerprint density at radius 2 is 2.24 bits per heavy atom. The van der Waals surface area contributed by atoms with Gasteiger partial charge in [0.2, 0.25) is 0 Å². The summed E-state index contributed by atoms with van der Waals surface area (Å²) in [5.41, 5.74) is 5.47. The van der Waals surface area contributed by atoms with Crippen molar-refractivity contribution in [1.82, 2.24) is 4.98 Å². The van der Waals surface area contributed by atoms with Crippen LogP contribution in [0.25, 0.3) is 11.3 Å². The van der Waals surface area contributed by atoms with Crippen molar-refractivity contribution in [3.63, 3.8) is 0 Å². The number of benzene rings is 1. The third-order valence-electron chi connectivity index (χ3n) is 4.33. The zero-order valence-electron chi connectivity index (χ0n) is 11.9. The van der Waals surface area contributed by atoms with Gasteiger partial charge in [0.1, 0.15) is 6.61 Å². The highest BCUT2D eigenvalue weighted by molar-refractivity contribution is 5.92. The monoisotopic (exact) mass is 280 g/mol. The van der Waals surface area contributed by atoms with Crippen molar-refractivity contribution >= 4 is 11.8 Å². The van der Waals surface area contributed by atoms with Crippen molar-refractivity contribution in [2.45, 2.75) is 25.8 Å². The highest BCUT2D eigenvalue weighted by Crippen LogP contribution is 2.36. The second-order valence-corrected chi connectivity index (χ2v) is 5.65. The van der Waals surface area contributed by atoms with E-state index in [0.29, 0.717) is 6.61 Å². The lowest BCUT2D eigenvalue weighted by Crippen LogP contribution is -2.37. The van der Waals surface area contributed by atoms with Gasteiger partial charge in [0.15, 0.2) is 0 Å². The Morgan fingerprint density at radius 1 is 1.33 bits per heavy atom. The number of aryl methyl sites for hydroxylation is 2. The fourth-order valence-corrected chi connectivity index (χ4v) is 3.25. The van der Waals surface area contributed by atoms with Crippen LogP contribution in [-0.4, -0.2) is 23.7 Å². The maximum atomic E-state index is 11.9. The second kappa shape index (κ2) is 4.58. The van der Waals surface area contributed by atoms with Gasteiger partial charge in [0.25, 0.3) is 0 Å². The number of hydrogen-bond donors (Lipinski definition) is 0. The molecule has 21 heavy (non-hydrogen) atoms. The molecule has 1 amide bonds. The standard InChI is InChI=1S/C17H16N2O2/c1-11-3-2-8-18-16(11)13-5-7-15-12(9-13)4-6-14-10-21-17(20)19(14)15/h2-3,5,7-9,14H,4,6,10H2,1H3. The number of fused-ring (bicyclic) bond motifs is 3. The Hall–Kier alpha value is -2.36. The molecule has 1 atom stereocenters. The van der Waals surface area contributed by atoms with Crippen LogP contribution in [0.3, 0.4) is 0 Å². The van der Waals surface area contributed by atoms with E-state index < -0.39 is 0 Å². The highest BCUT2D eigenvalue weighted by Gasteiger charge is 2.38. The average molecular weight is 280 g/mol. The Labute approximate surface area is 123 Å². The largest absolute Gasteiger partial charge is 0.447 e. The first-order valence-corrected chi connectivity index (χ1v) is 7.25. The fourth-order valence-electron chi connectivity index (χ4n) is 3.25. The van der Waals surface area contributed by atoms with Gasteiger partial charge >= 0.3 is 6.09 Å². The predicted molar refractivity (Wildman–Crippen MR) is 80.3 cm³/mol. The average Bonchev–Trinajstić information content (AvgIpc) is 2.89. The molecule has 1 aromatic carbocycles. The van der Waals surface area contributed by atoms with E-state index in [1.165, 1.54) is 5.56 Å². The van der Waals surface area contributed by atoms with Gasteiger partial charge in [-0.3, -0.25) is 9.88 Å². The third kappa shape index (κ3) is 1.90. The molecule has 4 nitrogen and oxygen atoms in total. The van der Waals surface area contributed by atoms with Crippen LogP contribution in [0.2, 0.25) is 0 Å². The van der Waals surface area contributed by atoms with Gasteiger partial charge in [-0.25, -0.2) is 4.79 Å². The van der Waals surface area contributed by atoms with Gasteiger partial charge in [0, 0.05) is 11.8 Å². The van der Waals surface area contributed by atoms with Gasteiger partial charge < -0.3 is 4.74 Å². The number of anilines is 1. The molecule has 2 aliphatic rings. The molecular formula is C17H16N2O2. The zero-order valence-corrected chi connectivity index (χ0v) is 11.9. The minimum atomic E-state index is -0.220. The molecule has 2 aromatic rings. The van der Waals surface area contributed by atoms with Gasteiger partial charge in [-0.15, -0.1) is 0 Å². The number of ether oxygens (including phenoxy) is 1. The number of rotatable bonds is 1. The van der Waals surface area contributed by atoms with Gasteiger partial charge in [-0.1, -0.05) is 12.1 Å². The van der Waals surface area contributed by atoms with Crippen molar-refractivity contribution in [2.24, 2.45) is 0 Å². The molecule has 0 saturated carbocycles. The van der Waals surface area contributed by atoms with Crippen LogP contribution in [0.15, 0.2) is 36.5 Å². The minimum Gasteiger partial charge on any atom is -0.447 e. The summed E-state index contributed by atoms with van der Waals surface area (Å²) in [4.78, 5) is 18.1. The van der Waals surface area contributed by atoms with Crippen molar-refractivity contribution in [3.05, 3.63) is 47.7 Å². The lowest BCUT2D eigenvalue weighted by atomic mass is 9.94. The predicted octanol–water partition coefficient (Wildman–Crippen LogP) is 3.33. The molecule has 1 saturated heterocycles. The quantitative estimate of drug-likeness (QED) is 0.804. The summed E-state index contributed by atoms with van der Waals surface area (Å²) >= 11 is 0. The normalized spacial score (nSPS) is 20.0. The van der Waals surface area contributed by atoms with E-state index in [1.54, 1.807) is 4.90 Å². The second-order valence-electron chi connectivity index (χ2n) is 5.65. The van der Waals surface area contributed by atoms with Crippen molar-refractivity contribution < 1.29 is 9.53 Å². The van der Waals surface area contributed by atoms with Crippen LogP contribution < -0.4 is 4.90 Å². The maximum absolute atomic E-state index is 11.9. The van der Waals surface area contributed by atoms with Gasteiger partial charge in [0.05, 0.1) is 17.4 Å². The Kier molecular flexibility index (Phi) is 2.70. The number of aromatic nitrogens is 1. The third-order valence-corrected chi connectivity index (χ3v) is 4.33. The van der Waals surface area contributed by atoms with E-state index in [0.717, 1.165) is 35.3 Å². The van der Waals surface area contributed by atoms with E-state index in [4.69, 9.17) is 4.74 Å². The lowest BCUT2D eigenvalue weighted by molar-refractivity contribution is 0.178. The first-order chi connectivity index (χ1) is 10.2. The highest BCUT2D eigenvalue weighted by atomic mass is 16.6. The molecular weight excluding hydrogens is 264 g/mol. The molecule has 1 aromatic heterocycles. The number of pyridine rings is 1. The minimum absolute atomic E-state index is 0.201. The Bertz CT molecular complexity index is 726. The Morgan fingerprint density at radius 3 is 3.10 bits per heavy atom. The molecule has 0 aliphatic carbocycles. The van der Waals surface area contributed by atoms with Crippen molar-refractivity contribution in [1.29, 1.82) is 0 Å². The molecule has 2 aliphatic heterocycles. The number of amides is 1. The summed E-state index contributed by atoms with van der Waals surface area (Å²) in [6.45, 7) is 2.58. The summed E-state index contributed by atoms with van der Waals surface area (Å²) in [5, 5.41) is 0. The molecule has 4 heteroatoms. The zero-order chi connectivity index (χ0) is 14.4. The van der Waals surface area contributed by atoms with Crippen LogP contribution in [0.1, 0.15) is 17.5 Å². The van der Waals surface area contributed by atoms with E-state index in [9.17, 15) is 4.79 Å². The topological polar surface area (TPSA) is 42.4 Å². The van der Waals surface area contributed by atoms with Crippen LogP contribution in [-0.2, 0) is 11.2 Å². The summed E-state index contributed by atoms with van der Waals surface area (Å²) in [6, 6.07) is 10.4. The number of carbonyl (C=O) groups excluding carboxylic acids is 1. The van der Waals surface area contributed by atoms with E-state index in [2.05, 4.69) is 24.0 Å². The smallest absolute Gasteiger partial charge is 0.414 e. The van der Waals surface area contributed by atoms with Crippen LogP contribution in [0, 0.1) is 6.92 Å². The van der Waals surface area contributed by atoms with Gasteiger partial charge in [-0.05, 0) is 49.1 Å². The van der Waals surface area contributed by atoms with Crippen LogP contribution in [0.5, 0.6) is 0 Å². The van der Waals surface area contributed by atoms with Crippen molar-refractivity contribution in [2.75, 3.05) is 11.5 Å². The van der Waals surface area contributed by atoms with E-state index in [1.807, 2.05) is 24.4 Å². The molecule has 0 radical (unpaired) electrons. The first kappa shape index (κ1) is 12.4. The van der Waals surface area contributed by atoms with E-state index in [-0.39, 0.29) is 12.1 Å². The summed E-state index contributed by atoms with van der Waals surface area (Å²) in [6.07, 6.45) is 3.54. The molecule has 4 rings (SSSR count). The molecule has 106 valence electrons. The molecule has 0 N–H and O–H groups in total. The van der Waals surface area contributed by atoms with E-state index >= 15 is 0 Å². The summed E-state index contributed by atoms with van der Waals surface area (Å²) in [7, 11) is 0. The molecule has 1 unspecified atom stereocenters. The maximum Gasteiger partial charge on any atom is 0.414 e. The first-order valence-electron chi connectivity index (χ1n) is 7.25. The number of carbonyl (C=O) groups is 1. The summed E-state index contributed by atoms with van der Waals surface area (Å²) < 4.78 is 5.17. The summed E-state index contributed by atoms with van der Waals surface area (Å²) in [5.74, 6) is 0. The molecule has 0 bridgehead atoms. The van der Waals surface area contributed by atoms with Crippen LogP contribution in [0.4, 0.5) is 10.5 Å². The lowest BCUT2D eigenvalue weighted by Gasteiger charge is -2.29. The Balaban J connectivity index is 1.79. The number of hydrogen-bond acceptors (Lipinski definition) is 3. The van der Waals surface area contributed by atoms with Crippen LogP contribution >= 0.6 is 0 Å².